The van der Waals surface area contributed by atoms with Crippen LogP contribution in [0, 0.1) is 5.82 Å². The predicted molar refractivity (Wildman–Crippen MR) is 86.6 cm³/mol. The number of hydrogen-bond acceptors (Lipinski definition) is 5. The Bertz CT molecular complexity index is 578. The minimum Gasteiger partial charge on any atom is -0.359 e. The topological polar surface area (TPSA) is 49.8 Å². The van der Waals surface area contributed by atoms with Crippen LogP contribution in [0.4, 0.5) is 15.5 Å². The SMILES string of the molecule is CC(C)Nc1nsc(NCC(C)(C)c2ccc(F)cc2)n1. The van der Waals surface area contributed by atoms with E-state index in [1.54, 1.807) is 0 Å². The summed E-state index contributed by atoms with van der Waals surface area (Å²) in [6.45, 7) is 9.02. The van der Waals surface area contributed by atoms with E-state index in [0.29, 0.717) is 18.5 Å². The molecule has 2 rings (SSSR count). The minimum absolute atomic E-state index is 0.120. The zero-order chi connectivity index (χ0) is 15.5. The highest BCUT2D eigenvalue weighted by atomic mass is 32.1. The number of anilines is 2. The quantitative estimate of drug-likeness (QED) is 0.850. The van der Waals surface area contributed by atoms with Gasteiger partial charge in [-0.3, -0.25) is 0 Å². The first-order valence-corrected chi connectivity index (χ1v) is 7.74. The summed E-state index contributed by atoms with van der Waals surface area (Å²) in [5, 5.41) is 7.26. The molecule has 0 atom stereocenters. The van der Waals surface area contributed by atoms with E-state index in [1.807, 2.05) is 26.0 Å². The van der Waals surface area contributed by atoms with Crippen LogP contribution >= 0.6 is 11.5 Å². The van der Waals surface area contributed by atoms with Gasteiger partial charge in [-0.05, 0) is 31.5 Å². The fourth-order valence-electron chi connectivity index (χ4n) is 1.91. The molecule has 2 aromatic rings. The number of rotatable bonds is 6. The largest absolute Gasteiger partial charge is 0.359 e. The van der Waals surface area contributed by atoms with Crippen molar-refractivity contribution in [3.8, 4) is 0 Å². The van der Waals surface area contributed by atoms with Crippen molar-refractivity contribution in [2.75, 3.05) is 17.2 Å². The number of aromatic nitrogens is 2. The zero-order valence-electron chi connectivity index (χ0n) is 12.8. The van der Waals surface area contributed by atoms with Gasteiger partial charge in [-0.15, -0.1) is 0 Å². The van der Waals surface area contributed by atoms with Crippen molar-refractivity contribution >= 4 is 22.6 Å². The van der Waals surface area contributed by atoms with Crippen molar-refractivity contribution in [3.05, 3.63) is 35.6 Å². The van der Waals surface area contributed by atoms with Crippen LogP contribution in [-0.4, -0.2) is 21.9 Å². The normalized spacial score (nSPS) is 11.7. The number of nitrogens with one attached hydrogen (secondary N) is 2. The first-order valence-electron chi connectivity index (χ1n) is 6.97. The second-order valence-electron chi connectivity index (χ2n) is 5.97. The third-order valence-corrected chi connectivity index (χ3v) is 3.82. The number of benzene rings is 1. The molecule has 1 aromatic heterocycles. The molecule has 1 heterocycles. The molecule has 114 valence electrons. The maximum absolute atomic E-state index is 13.0. The first kappa shape index (κ1) is 15.7. The van der Waals surface area contributed by atoms with Gasteiger partial charge in [0.2, 0.25) is 11.1 Å². The molecule has 0 saturated heterocycles. The third kappa shape index (κ3) is 4.39. The average Bonchev–Trinajstić information content (AvgIpc) is 2.84. The highest BCUT2D eigenvalue weighted by Crippen LogP contribution is 2.25. The molecular weight excluding hydrogens is 287 g/mol. The summed E-state index contributed by atoms with van der Waals surface area (Å²) in [4.78, 5) is 4.39. The van der Waals surface area contributed by atoms with Crippen molar-refractivity contribution in [2.45, 2.75) is 39.2 Å². The van der Waals surface area contributed by atoms with E-state index in [2.05, 4.69) is 33.8 Å². The molecule has 0 aliphatic carbocycles. The molecule has 0 aliphatic heterocycles. The van der Waals surface area contributed by atoms with Gasteiger partial charge in [0.1, 0.15) is 5.82 Å². The molecule has 6 heteroatoms. The second-order valence-corrected chi connectivity index (χ2v) is 6.72. The Kier molecular flexibility index (Phi) is 4.77. The standard InChI is InChI=1S/C15H21FN4S/c1-10(2)18-13-19-14(21-20-13)17-9-15(3,4)11-5-7-12(16)8-6-11/h5-8,10H,9H2,1-4H3,(H2,17,18,19,20). The Labute approximate surface area is 129 Å². The first-order chi connectivity index (χ1) is 9.87. The van der Waals surface area contributed by atoms with Crippen molar-refractivity contribution in [1.82, 2.24) is 9.36 Å². The van der Waals surface area contributed by atoms with Crippen molar-refractivity contribution in [2.24, 2.45) is 0 Å². The molecule has 2 N–H and O–H groups in total. The summed E-state index contributed by atoms with van der Waals surface area (Å²) >= 11 is 1.34. The average molecular weight is 308 g/mol. The molecule has 0 radical (unpaired) electrons. The zero-order valence-corrected chi connectivity index (χ0v) is 13.6. The second kappa shape index (κ2) is 6.39. The van der Waals surface area contributed by atoms with E-state index in [0.717, 1.165) is 10.7 Å². The van der Waals surface area contributed by atoms with Gasteiger partial charge in [0, 0.05) is 29.5 Å². The Balaban J connectivity index is 1.97. The molecular formula is C15H21FN4S. The summed E-state index contributed by atoms with van der Waals surface area (Å²) in [7, 11) is 0. The van der Waals surface area contributed by atoms with E-state index in [1.165, 1.54) is 23.7 Å². The lowest BCUT2D eigenvalue weighted by Gasteiger charge is -2.25. The van der Waals surface area contributed by atoms with Crippen LogP contribution in [0.1, 0.15) is 33.3 Å². The number of halogens is 1. The van der Waals surface area contributed by atoms with Crippen LogP contribution in [0.5, 0.6) is 0 Å². The summed E-state index contributed by atoms with van der Waals surface area (Å²) in [5.41, 5.74) is 0.965. The van der Waals surface area contributed by atoms with Crippen LogP contribution < -0.4 is 10.6 Å². The van der Waals surface area contributed by atoms with Gasteiger partial charge in [-0.1, -0.05) is 26.0 Å². The fourth-order valence-corrected chi connectivity index (χ4v) is 2.44. The number of hydrogen-bond donors (Lipinski definition) is 2. The monoisotopic (exact) mass is 308 g/mol. The van der Waals surface area contributed by atoms with E-state index in [9.17, 15) is 4.39 Å². The summed E-state index contributed by atoms with van der Waals surface area (Å²) < 4.78 is 17.2. The Morgan fingerprint density at radius 1 is 1.24 bits per heavy atom. The molecule has 1 aromatic carbocycles. The van der Waals surface area contributed by atoms with Crippen molar-refractivity contribution < 1.29 is 4.39 Å². The highest BCUT2D eigenvalue weighted by Gasteiger charge is 2.21. The Morgan fingerprint density at radius 3 is 2.52 bits per heavy atom. The van der Waals surface area contributed by atoms with Crippen LogP contribution in [-0.2, 0) is 5.41 Å². The Morgan fingerprint density at radius 2 is 1.90 bits per heavy atom. The summed E-state index contributed by atoms with van der Waals surface area (Å²) in [6.07, 6.45) is 0. The third-order valence-electron chi connectivity index (χ3n) is 3.15. The molecule has 0 unspecified atom stereocenters. The van der Waals surface area contributed by atoms with E-state index in [-0.39, 0.29) is 11.2 Å². The molecule has 0 aliphatic rings. The predicted octanol–water partition coefficient (Wildman–Crippen LogP) is 3.89. The molecule has 0 fully saturated rings. The lowest BCUT2D eigenvalue weighted by atomic mass is 9.85. The maximum Gasteiger partial charge on any atom is 0.236 e. The van der Waals surface area contributed by atoms with E-state index in [4.69, 9.17) is 0 Å². The van der Waals surface area contributed by atoms with Gasteiger partial charge in [-0.25, -0.2) is 4.39 Å². The smallest absolute Gasteiger partial charge is 0.236 e. The van der Waals surface area contributed by atoms with Gasteiger partial charge in [0.05, 0.1) is 0 Å². The highest BCUT2D eigenvalue weighted by molar-refractivity contribution is 7.09. The van der Waals surface area contributed by atoms with Crippen LogP contribution in [0.25, 0.3) is 0 Å². The van der Waals surface area contributed by atoms with Crippen LogP contribution in [0.3, 0.4) is 0 Å². The minimum atomic E-state index is -0.212. The fraction of sp³-hybridized carbons (Fsp3) is 0.467. The van der Waals surface area contributed by atoms with Gasteiger partial charge < -0.3 is 10.6 Å². The molecule has 0 amide bonds. The lowest BCUT2D eigenvalue weighted by molar-refractivity contribution is 0.553. The Hall–Kier alpha value is -1.69. The van der Waals surface area contributed by atoms with Gasteiger partial charge in [0.15, 0.2) is 0 Å². The molecule has 0 saturated carbocycles. The van der Waals surface area contributed by atoms with Crippen molar-refractivity contribution in [3.63, 3.8) is 0 Å². The molecule has 0 spiro atoms. The van der Waals surface area contributed by atoms with Gasteiger partial charge >= 0.3 is 0 Å². The summed E-state index contributed by atoms with van der Waals surface area (Å²) in [5.74, 6) is 0.438. The van der Waals surface area contributed by atoms with E-state index >= 15 is 0 Å². The van der Waals surface area contributed by atoms with Gasteiger partial charge in [0.25, 0.3) is 0 Å². The maximum atomic E-state index is 13.0. The number of nitrogens with zero attached hydrogens (tertiary/aromatic N) is 2. The molecule has 0 bridgehead atoms. The lowest BCUT2D eigenvalue weighted by Crippen LogP contribution is -2.27. The van der Waals surface area contributed by atoms with Crippen LogP contribution in [0.15, 0.2) is 24.3 Å². The molecule has 4 nitrogen and oxygen atoms in total. The van der Waals surface area contributed by atoms with Gasteiger partial charge in [-0.2, -0.15) is 9.36 Å². The van der Waals surface area contributed by atoms with E-state index < -0.39 is 0 Å². The summed E-state index contributed by atoms with van der Waals surface area (Å²) in [6, 6.07) is 6.94. The van der Waals surface area contributed by atoms with Crippen LogP contribution in [0.2, 0.25) is 0 Å². The molecule has 21 heavy (non-hydrogen) atoms. The van der Waals surface area contributed by atoms with Crippen molar-refractivity contribution in [1.29, 1.82) is 0 Å².